The van der Waals surface area contributed by atoms with Crippen LogP contribution in [0.2, 0.25) is 0 Å². The van der Waals surface area contributed by atoms with E-state index in [2.05, 4.69) is 11.4 Å². The Balaban J connectivity index is 1.92. The third-order valence-corrected chi connectivity index (χ3v) is 5.56. The van der Waals surface area contributed by atoms with Gasteiger partial charge >= 0.3 is 0 Å². The highest BCUT2D eigenvalue weighted by atomic mass is 35.5. The standard InChI is InChI=1S/C20H21ClN2O2S/c1-12-7-13(2)9-17(8-12)23-18(24)11-26-20(23)15-5-4-6-16(10-15)22-19(25)14(3)21/h4-10,14,20H,11H2,1-3H3,(H,22,25). The summed E-state index contributed by atoms with van der Waals surface area (Å²) in [4.78, 5) is 26.2. The van der Waals surface area contributed by atoms with Crippen LogP contribution in [0.15, 0.2) is 42.5 Å². The summed E-state index contributed by atoms with van der Waals surface area (Å²) in [5, 5.41) is 2.09. The average molecular weight is 389 g/mol. The normalized spacial score (nSPS) is 18.1. The smallest absolute Gasteiger partial charge is 0.242 e. The monoisotopic (exact) mass is 388 g/mol. The molecular formula is C20H21ClN2O2S. The van der Waals surface area contributed by atoms with Crippen molar-refractivity contribution in [2.24, 2.45) is 0 Å². The number of carbonyl (C=O) groups is 2. The number of nitrogens with one attached hydrogen (secondary N) is 1. The predicted octanol–water partition coefficient (Wildman–Crippen LogP) is 4.65. The van der Waals surface area contributed by atoms with Crippen LogP contribution >= 0.6 is 23.4 Å². The van der Waals surface area contributed by atoms with E-state index in [0.717, 1.165) is 22.4 Å². The highest BCUT2D eigenvalue weighted by Gasteiger charge is 2.34. The van der Waals surface area contributed by atoms with Gasteiger partial charge in [0.15, 0.2) is 0 Å². The molecule has 4 nitrogen and oxygen atoms in total. The quantitative estimate of drug-likeness (QED) is 0.775. The number of carbonyl (C=O) groups excluding carboxylic acids is 2. The second-order valence-electron chi connectivity index (χ2n) is 6.50. The van der Waals surface area contributed by atoms with E-state index >= 15 is 0 Å². The molecule has 0 saturated carbocycles. The SMILES string of the molecule is Cc1cc(C)cc(N2C(=O)CSC2c2cccc(NC(=O)C(C)Cl)c2)c1. The van der Waals surface area contributed by atoms with Crippen LogP contribution in [0.5, 0.6) is 0 Å². The number of thioether (sulfide) groups is 1. The highest BCUT2D eigenvalue weighted by Crippen LogP contribution is 2.42. The van der Waals surface area contributed by atoms with Crippen molar-refractivity contribution in [1.82, 2.24) is 0 Å². The third kappa shape index (κ3) is 4.05. The van der Waals surface area contributed by atoms with Gasteiger partial charge in [-0.2, -0.15) is 0 Å². The van der Waals surface area contributed by atoms with Crippen molar-refractivity contribution in [2.45, 2.75) is 31.5 Å². The van der Waals surface area contributed by atoms with Crippen molar-refractivity contribution in [2.75, 3.05) is 16.0 Å². The largest absolute Gasteiger partial charge is 0.325 e. The van der Waals surface area contributed by atoms with Crippen LogP contribution in [-0.2, 0) is 9.59 Å². The van der Waals surface area contributed by atoms with Crippen LogP contribution in [-0.4, -0.2) is 22.9 Å². The maximum absolute atomic E-state index is 12.6. The lowest BCUT2D eigenvalue weighted by molar-refractivity contribution is -0.116. The first-order valence-corrected chi connectivity index (χ1v) is 9.90. The number of hydrogen-bond donors (Lipinski definition) is 1. The molecule has 1 N–H and O–H groups in total. The zero-order valence-corrected chi connectivity index (χ0v) is 16.5. The Morgan fingerprint density at radius 3 is 2.58 bits per heavy atom. The Hall–Kier alpha value is -1.98. The van der Waals surface area contributed by atoms with Crippen LogP contribution in [0.1, 0.15) is 29.0 Å². The molecule has 6 heteroatoms. The van der Waals surface area contributed by atoms with Gasteiger partial charge in [-0.15, -0.1) is 23.4 Å². The van der Waals surface area contributed by atoms with E-state index in [1.807, 2.05) is 55.1 Å². The molecule has 0 aliphatic carbocycles. The summed E-state index contributed by atoms with van der Waals surface area (Å²) < 4.78 is 0. The fourth-order valence-corrected chi connectivity index (χ4v) is 4.27. The minimum absolute atomic E-state index is 0.0915. The molecule has 3 rings (SSSR count). The molecule has 1 heterocycles. The van der Waals surface area contributed by atoms with E-state index in [1.165, 1.54) is 0 Å². The molecule has 1 aliphatic heterocycles. The van der Waals surface area contributed by atoms with Crippen LogP contribution in [0, 0.1) is 13.8 Å². The summed E-state index contributed by atoms with van der Waals surface area (Å²) in [6.45, 7) is 5.69. The molecule has 0 spiro atoms. The fraction of sp³-hybridized carbons (Fsp3) is 0.300. The number of rotatable bonds is 4. The second-order valence-corrected chi connectivity index (χ2v) is 8.23. The van der Waals surface area contributed by atoms with E-state index in [-0.39, 0.29) is 17.2 Å². The Labute approximate surface area is 162 Å². The van der Waals surface area contributed by atoms with Gasteiger partial charge in [0.1, 0.15) is 10.8 Å². The van der Waals surface area contributed by atoms with Gasteiger partial charge in [-0.1, -0.05) is 18.2 Å². The fourth-order valence-electron chi connectivity index (χ4n) is 3.05. The van der Waals surface area contributed by atoms with Crippen LogP contribution in [0.3, 0.4) is 0 Å². The number of aryl methyl sites for hydroxylation is 2. The van der Waals surface area contributed by atoms with Gasteiger partial charge < -0.3 is 5.32 Å². The molecule has 2 aromatic rings. The molecule has 1 saturated heterocycles. The molecule has 2 amide bonds. The van der Waals surface area contributed by atoms with Gasteiger partial charge in [0, 0.05) is 11.4 Å². The molecule has 0 bridgehead atoms. The summed E-state index contributed by atoms with van der Waals surface area (Å²) in [6.07, 6.45) is 0. The predicted molar refractivity (Wildman–Crippen MR) is 109 cm³/mol. The van der Waals surface area contributed by atoms with Crippen molar-refractivity contribution >= 4 is 46.6 Å². The molecule has 1 aliphatic rings. The molecule has 2 unspecified atom stereocenters. The molecule has 2 aromatic carbocycles. The lowest BCUT2D eigenvalue weighted by Crippen LogP contribution is -2.28. The molecule has 2 atom stereocenters. The van der Waals surface area contributed by atoms with Crippen LogP contribution < -0.4 is 10.2 Å². The Kier molecular flexibility index (Phi) is 5.58. The first-order valence-electron chi connectivity index (χ1n) is 8.42. The van der Waals surface area contributed by atoms with Gasteiger partial charge in [-0.05, 0) is 61.7 Å². The van der Waals surface area contributed by atoms with E-state index in [1.54, 1.807) is 18.7 Å². The van der Waals surface area contributed by atoms with Crippen LogP contribution in [0.4, 0.5) is 11.4 Å². The number of anilines is 2. The van der Waals surface area contributed by atoms with Crippen LogP contribution in [0.25, 0.3) is 0 Å². The van der Waals surface area contributed by atoms with Gasteiger partial charge in [-0.3, -0.25) is 14.5 Å². The number of halogens is 1. The van der Waals surface area contributed by atoms with Gasteiger partial charge in [0.25, 0.3) is 0 Å². The van der Waals surface area contributed by atoms with Gasteiger partial charge in [0.2, 0.25) is 11.8 Å². The highest BCUT2D eigenvalue weighted by molar-refractivity contribution is 8.00. The summed E-state index contributed by atoms with van der Waals surface area (Å²) >= 11 is 7.42. The summed E-state index contributed by atoms with van der Waals surface area (Å²) in [5.41, 5.74) is 4.81. The maximum Gasteiger partial charge on any atom is 0.242 e. The molecule has 136 valence electrons. The second kappa shape index (κ2) is 7.72. The first kappa shape index (κ1) is 18.8. The van der Waals surface area contributed by atoms with E-state index in [9.17, 15) is 9.59 Å². The zero-order chi connectivity index (χ0) is 18.8. The van der Waals surface area contributed by atoms with Gasteiger partial charge in [0.05, 0.1) is 5.75 Å². The molecule has 1 fully saturated rings. The van der Waals surface area contributed by atoms with Gasteiger partial charge in [-0.25, -0.2) is 0 Å². The first-order chi connectivity index (χ1) is 12.3. The summed E-state index contributed by atoms with van der Waals surface area (Å²) in [5.74, 6) is 0.284. The maximum atomic E-state index is 12.6. The van der Waals surface area contributed by atoms with Crippen molar-refractivity contribution in [3.8, 4) is 0 Å². The Morgan fingerprint density at radius 1 is 1.23 bits per heavy atom. The van der Waals surface area contributed by atoms with Crippen molar-refractivity contribution in [1.29, 1.82) is 0 Å². The number of alkyl halides is 1. The van der Waals surface area contributed by atoms with Crippen molar-refractivity contribution < 1.29 is 9.59 Å². The molecule has 0 radical (unpaired) electrons. The van der Waals surface area contributed by atoms with Crippen molar-refractivity contribution in [3.05, 3.63) is 59.2 Å². The third-order valence-electron chi connectivity index (χ3n) is 4.15. The molecular weight excluding hydrogens is 368 g/mol. The summed E-state index contributed by atoms with van der Waals surface area (Å²) in [6, 6.07) is 13.7. The minimum atomic E-state index is -0.604. The Morgan fingerprint density at radius 2 is 1.92 bits per heavy atom. The van der Waals surface area contributed by atoms with E-state index in [4.69, 9.17) is 11.6 Å². The summed E-state index contributed by atoms with van der Waals surface area (Å²) in [7, 11) is 0. The minimum Gasteiger partial charge on any atom is -0.325 e. The number of nitrogens with zero attached hydrogens (tertiary/aromatic N) is 1. The number of amides is 2. The van der Waals surface area contributed by atoms with E-state index < -0.39 is 5.38 Å². The van der Waals surface area contributed by atoms with E-state index in [0.29, 0.717) is 11.4 Å². The average Bonchev–Trinajstić information content (AvgIpc) is 2.95. The van der Waals surface area contributed by atoms with Crippen molar-refractivity contribution in [3.63, 3.8) is 0 Å². The molecule has 26 heavy (non-hydrogen) atoms. The topological polar surface area (TPSA) is 49.4 Å². The lowest BCUT2D eigenvalue weighted by Gasteiger charge is -2.25. The zero-order valence-electron chi connectivity index (χ0n) is 15.0. The molecule has 0 aromatic heterocycles. The Bertz CT molecular complexity index is 833. The lowest BCUT2D eigenvalue weighted by atomic mass is 10.1. The number of benzene rings is 2. The number of hydrogen-bond acceptors (Lipinski definition) is 3.